The Balaban J connectivity index is 2.21. The Bertz CT molecular complexity index is 347. The van der Waals surface area contributed by atoms with Gasteiger partial charge >= 0.3 is 0 Å². The molecule has 1 N–H and O–H groups in total. The van der Waals surface area contributed by atoms with Crippen LogP contribution in [0.15, 0.2) is 12.1 Å². The summed E-state index contributed by atoms with van der Waals surface area (Å²) < 4.78 is 0. The van der Waals surface area contributed by atoms with E-state index in [1.54, 1.807) is 0 Å². The lowest BCUT2D eigenvalue weighted by Gasteiger charge is -2.20. The van der Waals surface area contributed by atoms with Crippen molar-refractivity contribution >= 4 is 5.82 Å². The Labute approximate surface area is 98.5 Å². The van der Waals surface area contributed by atoms with E-state index >= 15 is 0 Å². The summed E-state index contributed by atoms with van der Waals surface area (Å²) in [6, 6.07) is 4.50. The molecule has 1 aromatic rings. The largest absolute Gasteiger partial charge is 0.370 e. The van der Waals surface area contributed by atoms with Gasteiger partial charge < -0.3 is 5.32 Å². The number of aromatic nitrogens is 1. The molecule has 0 saturated heterocycles. The van der Waals surface area contributed by atoms with E-state index < -0.39 is 0 Å². The lowest BCUT2D eigenvalue weighted by atomic mass is 9.95. The number of nitrogens with one attached hydrogen (secondary N) is 1. The van der Waals surface area contributed by atoms with Gasteiger partial charge in [0.1, 0.15) is 5.82 Å². The molecule has 2 rings (SSSR count). The molecule has 0 fully saturated rings. The highest BCUT2D eigenvalue weighted by Crippen LogP contribution is 2.27. The van der Waals surface area contributed by atoms with Crippen molar-refractivity contribution < 1.29 is 0 Å². The van der Waals surface area contributed by atoms with Gasteiger partial charge in [0.25, 0.3) is 0 Å². The maximum absolute atomic E-state index is 4.79. The fraction of sp³-hybridized carbons (Fsp3) is 0.643. The number of pyridine rings is 1. The standard InChI is InChI=1S/C14H22N2/c1-3-6-11(4-2)13-9-8-12-7-5-10-15-14(12)16-13/h8-9,11H,3-7,10H2,1-2H3,(H,15,16). The first kappa shape index (κ1) is 11.4. The first-order valence-electron chi connectivity index (χ1n) is 6.58. The van der Waals surface area contributed by atoms with Crippen molar-refractivity contribution in [3.05, 3.63) is 23.4 Å². The highest BCUT2D eigenvalue weighted by atomic mass is 15.0. The fourth-order valence-electron chi connectivity index (χ4n) is 2.48. The molecule has 0 saturated carbocycles. The van der Waals surface area contributed by atoms with Crippen LogP contribution in [0.4, 0.5) is 5.82 Å². The van der Waals surface area contributed by atoms with E-state index in [4.69, 9.17) is 4.98 Å². The molecule has 0 bridgehead atoms. The molecular formula is C14H22N2. The summed E-state index contributed by atoms with van der Waals surface area (Å²) in [7, 11) is 0. The predicted octanol–water partition coefficient (Wildman–Crippen LogP) is 3.73. The molecule has 1 atom stereocenters. The third-order valence-corrected chi connectivity index (χ3v) is 3.46. The molecule has 88 valence electrons. The average molecular weight is 218 g/mol. The zero-order chi connectivity index (χ0) is 11.4. The summed E-state index contributed by atoms with van der Waals surface area (Å²) in [6.07, 6.45) is 6.10. The Morgan fingerprint density at radius 1 is 1.38 bits per heavy atom. The van der Waals surface area contributed by atoms with Gasteiger partial charge in [-0.15, -0.1) is 0 Å². The van der Waals surface area contributed by atoms with Gasteiger partial charge in [-0.05, 0) is 37.3 Å². The molecule has 2 heterocycles. The first-order chi connectivity index (χ1) is 7.85. The third kappa shape index (κ3) is 2.37. The third-order valence-electron chi connectivity index (χ3n) is 3.46. The maximum atomic E-state index is 4.79. The molecule has 0 spiro atoms. The van der Waals surface area contributed by atoms with Gasteiger partial charge in [0.15, 0.2) is 0 Å². The van der Waals surface area contributed by atoms with E-state index in [0.29, 0.717) is 5.92 Å². The van der Waals surface area contributed by atoms with Crippen molar-refractivity contribution in [1.29, 1.82) is 0 Å². The van der Waals surface area contributed by atoms with Crippen LogP contribution >= 0.6 is 0 Å². The van der Waals surface area contributed by atoms with Crippen LogP contribution in [-0.4, -0.2) is 11.5 Å². The van der Waals surface area contributed by atoms with Crippen LogP contribution < -0.4 is 5.32 Å². The van der Waals surface area contributed by atoms with Crippen LogP contribution in [0.2, 0.25) is 0 Å². The van der Waals surface area contributed by atoms with Crippen LogP contribution in [0.1, 0.15) is 56.7 Å². The van der Waals surface area contributed by atoms with Gasteiger partial charge in [-0.1, -0.05) is 26.3 Å². The van der Waals surface area contributed by atoms with E-state index in [9.17, 15) is 0 Å². The quantitative estimate of drug-likeness (QED) is 0.833. The van der Waals surface area contributed by atoms with E-state index in [1.165, 1.54) is 43.4 Å². The average Bonchev–Trinajstić information content (AvgIpc) is 2.35. The summed E-state index contributed by atoms with van der Waals surface area (Å²) in [6.45, 7) is 5.59. The van der Waals surface area contributed by atoms with Crippen LogP contribution in [0.3, 0.4) is 0 Å². The smallest absolute Gasteiger partial charge is 0.129 e. The Hall–Kier alpha value is -1.05. The van der Waals surface area contributed by atoms with Gasteiger partial charge in [0.2, 0.25) is 0 Å². The summed E-state index contributed by atoms with van der Waals surface area (Å²) in [4.78, 5) is 4.79. The second kappa shape index (κ2) is 5.33. The zero-order valence-electron chi connectivity index (χ0n) is 10.4. The van der Waals surface area contributed by atoms with Crippen molar-refractivity contribution in [1.82, 2.24) is 4.98 Å². The Morgan fingerprint density at radius 2 is 2.25 bits per heavy atom. The number of hydrogen-bond donors (Lipinski definition) is 1. The van der Waals surface area contributed by atoms with Gasteiger partial charge in [-0.3, -0.25) is 0 Å². The molecule has 0 amide bonds. The molecule has 2 heteroatoms. The minimum Gasteiger partial charge on any atom is -0.370 e. The number of fused-ring (bicyclic) bond motifs is 1. The molecule has 1 aliphatic rings. The number of rotatable bonds is 4. The molecule has 16 heavy (non-hydrogen) atoms. The lowest BCUT2D eigenvalue weighted by molar-refractivity contribution is 0.580. The predicted molar refractivity (Wildman–Crippen MR) is 69.0 cm³/mol. The Kier molecular flexibility index (Phi) is 3.81. The number of anilines is 1. The zero-order valence-corrected chi connectivity index (χ0v) is 10.4. The number of aryl methyl sites for hydroxylation is 1. The normalized spacial score (nSPS) is 16.4. The van der Waals surface area contributed by atoms with Gasteiger partial charge in [0, 0.05) is 18.2 Å². The van der Waals surface area contributed by atoms with Crippen LogP contribution in [-0.2, 0) is 6.42 Å². The van der Waals surface area contributed by atoms with E-state index in [0.717, 1.165) is 12.4 Å². The Morgan fingerprint density at radius 3 is 3.00 bits per heavy atom. The second-order valence-corrected chi connectivity index (χ2v) is 4.67. The fourth-order valence-corrected chi connectivity index (χ4v) is 2.48. The van der Waals surface area contributed by atoms with Crippen LogP contribution in [0.5, 0.6) is 0 Å². The topological polar surface area (TPSA) is 24.9 Å². The minimum atomic E-state index is 0.638. The molecule has 2 nitrogen and oxygen atoms in total. The molecule has 1 aliphatic heterocycles. The summed E-state index contributed by atoms with van der Waals surface area (Å²) in [5.74, 6) is 1.78. The highest BCUT2D eigenvalue weighted by molar-refractivity contribution is 5.47. The van der Waals surface area contributed by atoms with Crippen molar-refractivity contribution in [3.63, 3.8) is 0 Å². The molecular weight excluding hydrogens is 196 g/mol. The lowest BCUT2D eigenvalue weighted by Crippen LogP contribution is -2.14. The molecule has 1 aromatic heterocycles. The summed E-state index contributed by atoms with van der Waals surface area (Å²) in [5, 5.41) is 3.41. The van der Waals surface area contributed by atoms with Crippen molar-refractivity contribution in [2.45, 2.75) is 51.9 Å². The molecule has 1 unspecified atom stereocenters. The summed E-state index contributed by atoms with van der Waals surface area (Å²) in [5.41, 5.74) is 2.67. The van der Waals surface area contributed by atoms with Gasteiger partial charge in [-0.2, -0.15) is 0 Å². The van der Waals surface area contributed by atoms with Crippen LogP contribution in [0, 0.1) is 0 Å². The van der Waals surface area contributed by atoms with E-state index in [2.05, 4.69) is 31.3 Å². The van der Waals surface area contributed by atoms with Gasteiger partial charge in [-0.25, -0.2) is 4.98 Å². The van der Waals surface area contributed by atoms with Gasteiger partial charge in [0.05, 0.1) is 0 Å². The first-order valence-corrected chi connectivity index (χ1v) is 6.58. The molecule has 0 aromatic carbocycles. The molecule has 0 aliphatic carbocycles. The highest BCUT2D eigenvalue weighted by Gasteiger charge is 2.14. The molecule has 0 radical (unpaired) electrons. The number of hydrogen-bond acceptors (Lipinski definition) is 2. The minimum absolute atomic E-state index is 0.638. The van der Waals surface area contributed by atoms with Crippen molar-refractivity contribution in [2.24, 2.45) is 0 Å². The maximum Gasteiger partial charge on any atom is 0.129 e. The summed E-state index contributed by atoms with van der Waals surface area (Å²) >= 11 is 0. The van der Waals surface area contributed by atoms with Crippen molar-refractivity contribution in [3.8, 4) is 0 Å². The van der Waals surface area contributed by atoms with Crippen LogP contribution in [0.25, 0.3) is 0 Å². The van der Waals surface area contributed by atoms with Crippen molar-refractivity contribution in [2.75, 3.05) is 11.9 Å². The van der Waals surface area contributed by atoms with E-state index in [1.807, 2.05) is 0 Å². The number of nitrogens with zero attached hydrogens (tertiary/aromatic N) is 1. The van der Waals surface area contributed by atoms with E-state index in [-0.39, 0.29) is 0 Å². The second-order valence-electron chi connectivity index (χ2n) is 4.67. The SMILES string of the molecule is CCCC(CC)c1ccc2c(n1)NCCC2. The monoisotopic (exact) mass is 218 g/mol.